The second kappa shape index (κ2) is 10.5. The lowest BCUT2D eigenvalue weighted by molar-refractivity contribution is -0.0696. The highest BCUT2D eigenvalue weighted by Crippen LogP contribution is 2.44. The van der Waals surface area contributed by atoms with Gasteiger partial charge in [-0.25, -0.2) is 4.39 Å². The molecule has 1 aromatic rings. The zero-order valence-corrected chi connectivity index (χ0v) is 17.8. The molecule has 0 N–H and O–H groups in total. The molecular weight excluding hydrogens is 388 g/mol. The molecule has 2 aliphatic carbocycles. The van der Waals surface area contributed by atoms with Crippen LogP contribution in [0.15, 0.2) is 30.4 Å². The van der Waals surface area contributed by atoms with Gasteiger partial charge in [0.1, 0.15) is 5.82 Å². The molecule has 0 bridgehead atoms. The quantitative estimate of drug-likeness (QED) is 0.256. The molecule has 30 heavy (non-hydrogen) atoms. The van der Waals surface area contributed by atoms with Crippen molar-refractivity contribution < 1.29 is 17.6 Å². The van der Waals surface area contributed by atoms with E-state index in [1.54, 1.807) is 6.07 Å². The Balaban J connectivity index is 1.50. The van der Waals surface area contributed by atoms with Crippen molar-refractivity contribution in [3.05, 3.63) is 47.3 Å². The Bertz CT molecular complexity index is 764. The fourth-order valence-electron chi connectivity index (χ4n) is 5.21. The summed E-state index contributed by atoms with van der Waals surface area (Å²) in [6.07, 6.45) is 12.2. The lowest BCUT2D eigenvalue weighted by atomic mass is 9.68. The van der Waals surface area contributed by atoms with Gasteiger partial charge in [-0.15, -0.1) is 0 Å². The maximum Gasteiger partial charge on any atom is 0.458 e. The predicted octanol–water partition coefficient (Wildman–Crippen LogP) is 8.18. The highest BCUT2D eigenvalue weighted by atomic mass is 19.4. The first-order valence-corrected chi connectivity index (χ1v) is 11.4. The third-order valence-electron chi connectivity index (χ3n) is 6.92. The van der Waals surface area contributed by atoms with Crippen molar-refractivity contribution in [3.63, 3.8) is 0 Å². The van der Waals surface area contributed by atoms with Crippen molar-refractivity contribution >= 4 is 0 Å². The summed E-state index contributed by atoms with van der Waals surface area (Å²) < 4.78 is 50.9. The minimum absolute atomic E-state index is 0.186. The number of rotatable bonds is 5. The van der Waals surface area contributed by atoms with Gasteiger partial charge >= 0.3 is 6.18 Å². The Morgan fingerprint density at radius 1 is 0.967 bits per heavy atom. The largest absolute Gasteiger partial charge is 0.458 e. The van der Waals surface area contributed by atoms with Gasteiger partial charge < -0.3 is 0 Å². The molecule has 3 rings (SSSR count). The number of hydrogen-bond donors (Lipinski definition) is 0. The molecule has 0 heterocycles. The minimum atomic E-state index is -4.60. The first kappa shape index (κ1) is 22.9. The molecule has 2 aliphatic rings. The Kier molecular flexibility index (Phi) is 8.03. The highest BCUT2D eigenvalue weighted by molar-refractivity contribution is 5.39. The number of allylic oxidation sites excluding steroid dienone is 2. The van der Waals surface area contributed by atoms with E-state index in [1.807, 2.05) is 5.92 Å². The number of benzene rings is 1. The van der Waals surface area contributed by atoms with Crippen LogP contribution in [0.25, 0.3) is 0 Å². The van der Waals surface area contributed by atoms with E-state index in [2.05, 4.69) is 19.1 Å². The summed E-state index contributed by atoms with van der Waals surface area (Å²) in [6, 6.07) is 4.53. The van der Waals surface area contributed by atoms with Gasteiger partial charge in [0.15, 0.2) is 0 Å². The second-order valence-corrected chi connectivity index (χ2v) is 8.99. The van der Waals surface area contributed by atoms with Crippen LogP contribution < -0.4 is 0 Å². The molecule has 2 fully saturated rings. The average Bonchev–Trinajstić information content (AvgIpc) is 2.73. The van der Waals surface area contributed by atoms with Crippen LogP contribution in [-0.4, -0.2) is 6.18 Å². The van der Waals surface area contributed by atoms with E-state index in [0.717, 1.165) is 42.1 Å². The Hall–Kier alpha value is -1.76. The van der Waals surface area contributed by atoms with Gasteiger partial charge in [0.25, 0.3) is 0 Å². The normalized spacial score (nSPS) is 27.6. The molecule has 0 unspecified atom stereocenters. The van der Waals surface area contributed by atoms with E-state index in [1.165, 1.54) is 63.5 Å². The smallest absolute Gasteiger partial charge is 0.206 e. The molecule has 0 amide bonds. The van der Waals surface area contributed by atoms with Gasteiger partial charge in [-0.3, -0.25) is 0 Å². The third kappa shape index (κ3) is 6.62. The maximum atomic E-state index is 14.2. The van der Waals surface area contributed by atoms with E-state index in [-0.39, 0.29) is 5.56 Å². The van der Waals surface area contributed by atoms with E-state index in [0.29, 0.717) is 5.92 Å². The maximum absolute atomic E-state index is 14.2. The minimum Gasteiger partial charge on any atom is -0.206 e. The van der Waals surface area contributed by atoms with Gasteiger partial charge in [0, 0.05) is 5.92 Å². The summed E-state index contributed by atoms with van der Waals surface area (Å²) in [5.74, 6) is 5.03. The van der Waals surface area contributed by atoms with Crippen LogP contribution >= 0.6 is 0 Å². The molecular formula is C26H32F4. The SMILES string of the molecule is CCC/C=C/C1CCC(C2CCC(c3ccc(C#CC(F)(F)F)c(F)c3)CC2)CC1. The average molecular weight is 421 g/mol. The van der Waals surface area contributed by atoms with Crippen molar-refractivity contribution in [3.8, 4) is 11.8 Å². The molecule has 0 atom stereocenters. The van der Waals surface area contributed by atoms with Crippen molar-refractivity contribution in [1.82, 2.24) is 0 Å². The third-order valence-corrected chi connectivity index (χ3v) is 6.92. The Morgan fingerprint density at radius 2 is 1.60 bits per heavy atom. The number of unbranched alkanes of at least 4 members (excludes halogenated alkanes) is 1. The molecule has 0 radical (unpaired) electrons. The van der Waals surface area contributed by atoms with Gasteiger partial charge in [-0.05, 0) is 99.2 Å². The fourth-order valence-corrected chi connectivity index (χ4v) is 5.21. The van der Waals surface area contributed by atoms with Crippen LogP contribution in [0.1, 0.15) is 88.2 Å². The summed E-state index contributed by atoms with van der Waals surface area (Å²) in [5, 5.41) is 0. The van der Waals surface area contributed by atoms with Gasteiger partial charge in [-0.2, -0.15) is 13.2 Å². The van der Waals surface area contributed by atoms with Crippen LogP contribution in [0.4, 0.5) is 17.6 Å². The fraction of sp³-hybridized carbons (Fsp3) is 0.615. The Labute approximate surface area is 178 Å². The van der Waals surface area contributed by atoms with Gasteiger partial charge in [0.2, 0.25) is 0 Å². The molecule has 0 aliphatic heterocycles. The number of hydrogen-bond acceptors (Lipinski definition) is 0. The van der Waals surface area contributed by atoms with Gasteiger partial charge in [0.05, 0.1) is 5.56 Å². The number of alkyl halides is 3. The lowest BCUT2D eigenvalue weighted by Crippen LogP contribution is -2.25. The van der Waals surface area contributed by atoms with Crippen LogP contribution in [0, 0.1) is 35.4 Å². The summed E-state index contributed by atoms with van der Waals surface area (Å²) in [7, 11) is 0. The predicted molar refractivity (Wildman–Crippen MR) is 114 cm³/mol. The van der Waals surface area contributed by atoms with Crippen molar-refractivity contribution in [2.45, 2.75) is 83.2 Å². The first-order chi connectivity index (χ1) is 14.4. The van der Waals surface area contributed by atoms with Crippen molar-refractivity contribution in [2.24, 2.45) is 17.8 Å². The Morgan fingerprint density at radius 3 is 2.17 bits per heavy atom. The standard InChI is InChI=1S/C26H32F4/c1-2-3-4-5-19-6-8-20(9-7-19)21-10-12-22(13-11-21)24-15-14-23(25(27)18-24)16-17-26(28,29)30/h4-5,14-15,18-22H,2-3,6-13H2,1H3/b5-4+. The monoisotopic (exact) mass is 420 g/mol. The molecule has 2 saturated carbocycles. The van der Waals surface area contributed by atoms with Gasteiger partial charge in [-0.1, -0.05) is 37.5 Å². The highest BCUT2D eigenvalue weighted by Gasteiger charge is 2.31. The molecule has 1 aromatic carbocycles. The van der Waals surface area contributed by atoms with Crippen LogP contribution in [0.2, 0.25) is 0 Å². The molecule has 0 aromatic heterocycles. The summed E-state index contributed by atoms with van der Waals surface area (Å²) in [5.41, 5.74) is 0.711. The summed E-state index contributed by atoms with van der Waals surface area (Å²) in [6.45, 7) is 2.21. The molecule has 0 nitrogen and oxygen atoms in total. The van der Waals surface area contributed by atoms with Crippen molar-refractivity contribution in [2.75, 3.05) is 0 Å². The molecule has 164 valence electrons. The van der Waals surface area contributed by atoms with E-state index in [4.69, 9.17) is 0 Å². The zero-order chi connectivity index (χ0) is 21.6. The number of halogens is 4. The molecule has 0 spiro atoms. The first-order valence-electron chi connectivity index (χ1n) is 11.4. The lowest BCUT2D eigenvalue weighted by Gasteiger charge is -2.37. The van der Waals surface area contributed by atoms with Crippen LogP contribution in [0.5, 0.6) is 0 Å². The van der Waals surface area contributed by atoms with Crippen LogP contribution in [0.3, 0.4) is 0 Å². The second-order valence-electron chi connectivity index (χ2n) is 8.99. The van der Waals surface area contributed by atoms with E-state index < -0.39 is 12.0 Å². The van der Waals surface area contributed by atoms with E-state index in [9.17, 15) is 17.6 Å². The van der Waals surface area contributed by atoms with Crippen molar-refractivity contribution in [1.29, 1.82) is 0 Å². The van der Waals surface area contributed by atoms with Crippen LogP contribution in [-0.2, 0) is 0 Å². The summed E-state index contributed by atoms with van der Waals surface area (Å²) in [4.78, 5) is 0. The zero-order valence-electron chi connectivity index (χ0n) is 17.8. The van der Waals surface area contributed by atoms with E-state index >= 15 is 0 Å². The topological polar surface area (TPSA) is 0 Å². The molecule has 0 saturated heterocycles. The summed E-state index contributed by atoms with van der Waals surface area (Å²) >= 11 is 0. The molecule has 4 heteroatoms.